The Kier molecular flexibility index (Phi) is 8.08. The minimum absolute atomic E-state index is 0.733. The molecule has 0 aromatic carbocycles. The molecule has 0 radical (unpaired) electrons. The quantitative estimate of drug-likeness (QED) is 0.633. The SMILES string of the molecule is CCOCCc1nnc(CCNCCOC)s1. The predicted octanol–water partition coefficient (Wildman–Crippen LogP) is 0.896. The highest BCUT2D eigenvalue weighted by Crippen LogP contribution is 2.10. The van der Waals surface area contributed by atoms with Crippen molar-refractivity contribution in [3.8, 4) is 0 Å². The molecule has 17 heavy (non-hydrogen) atoms. The summed E-state index contributed by atoms with van der Waals surface area (Å²) in [5, 5.41) is 13.7. The first-order valence-corrected chi connectivity index (χ1v) is 6.77. The number of methoxy groups -OCH3 is 1. The van der Waals surface area contributed by atoms with Crippen LogP contribution in [0.25, 0.3) is 0 Å². The molecular formula is C11H21N3O2S. The lowest BCUT2D eigenvalue weighted by molar-refractivity contribution is 0.150. The van der Waals surface area contributed by atoms with Crippen LogP contribution in [0.1, 0.15) is 16.9 Å². The van der Waals surface area contributed by atoms with Crippen LogP contribution in [0.3, 0.4) is 0 Å². The molecule has 1 rings (SSSR count). The van der Waals surface area contributed by atoms with Gasteiger partial charge in [0, 0.05) is 39.6 Å². The van der Waals surface area contributed by atoms with Gasteiger partial charge in [0.25, 0.3) is 0 Å². The maximum Gasteiger partial charge on any atom is 0.119 e. The van der Waals surface area contributed by atoms with Crippen molar-refractivity contribution in [3.63, 3.8) is 0 Å². The molecule has 5 nitrogen and oxygen atoms in total. The average molecular weight is 259 g/mol. The van der Waals surface area contributed by atoms with Gasteiger partial charge in [-0.25, -0.2) is 0 Å². The Balaban J connectivity index is 2.12. The van der Waals surface area contributed by atoms with Gasteiger partial charge in [0.15, 0.2) is 0 Å². The van der Waals surface area contributed by atoms with E-state index in [0.717, 1.165) is 55.8 Å². The first kappa shape index (κ1) is 14.5. The van der Waals surface area contributed by atoms with Crippen molar-refractivity contribution in [1.29, 1.82) is 0 Å². The minimum atomic E-state index is 0.733. The van der Waals surface area contributed by atoms with Gasteiger partial charge in [0.2, 0.25) is 0 Å². The number of hydrogen-bond acceptors (Lipinski definition) is 6. The van der Waals surface area contributed by atoms with E-state index in [1.54, 1.807) is 18.4 Å². The van der Waals surface area contributed by atoms with E-state index in [1.807, 2.05) is 6.92 Å². The summed E-state index contributed by atoms with van der Waals surface area (Å²) in [5.41, 5.74) is 0. The fourth-order valence-corrected chi connectivity index (χ4v) is 2.11. The lowest BCUT2D eigenvalue weighted by atomic mass is 10.4. The maximum absolute atomic E-state index is 5.28. The Morgan fingerprint density at radius 3 is 2.59 bits per heavy atom. The number of nitrogens with one attached hydrogen (secondary N) is 1. The first-order chi connectivity index (χ1) is 8.36. The predicted molar refractivity (Wildman–Crippen MR) is 68.6 cm³/mol. The summed E-state index contributed by atoms with van der Waals surface area (Å²) in [4.78, 5) is 0. The van der Waals surface area contributed by atoms with E-state index in [4.69, 9.17) is 9.47 Å². The van der Waals surface area contributed by atoms with Crippen molar-refractivity contribution in [2.75, 3.05) is 40.0 Å². The highest BCUT2D eigenvalue weighted by Gasteiger charge is 2.03. The summed E-state index contributed by atoms with van der Waals surface area (Å²) >= 11 is 1.67. The van der Waals surface area contributed by atoms with Gasteiger partial charge < -0.3 is 14.8 Å². The van der Waals surface area contributed by atoms with Gasteiger partial charge in [0.1, 0.15) is 10.0 Å². The standard InChI is InChI=1S/C11H21N3O2S/c1-3-16-8-5-11-14-13-10(17-11)4-6-12-7-9-15-2/h12H,3-9H2,1-2H3. The van der Waals surface area contributed by atoms with E-state index < -0.39 is 0 Å². The Bertz CT molecular complexity index is 294. The summed E-state index contributed by atoms with van der Waals surface area (Å²) in [6.45, 7) is 6.04. The number of ether oxygens (including phenoxy) is 2. The van der Waals surface area contributed by atoms with Crippen LogP contribution in [-0.2, 0) is 22.3 Å². The Morgan fingerprint density at radius 2 is 1.88 bits per heavy atom. The van der Waals surface area contributed by atoms with Gasteiger partial charge in [-0.1, -0.05) is 0 Å². The fourth-order valence-electron chi connectivity index (χ4n) is 1.29. The minimum Gasteiger partial charge on any atom is -0.383 e. The van der Waals surface area contributed by atoms with E-state index in [9.17, 15) is 0 Å². The third-order valence-electron chi connectivity index (χ3n) is 2.17. The van der Waals surface area contributed by atoms with Crippen molar-refractivity contribution in [3.05, 3.63) is 10.0 Å². The summed E-state index contributed by atoms with van der Waals surface area (Å²) in [6.07, 6.45) is 1.79. The van der Waals surface area contributed by atoms with Crippen LogP contribution in [0.5, 0.6) is 0 Å². The molecule has 1 aromatic rings. The highest BCUT2D eigenvalue weighted by atomic mass is 32.1. The van der Waals surface area contributed by atoms with Crippen LogP contribution in [0.2, 0.25) is 0 Å². The molecule has 1 heterocycles. The topological polar surface area (TPSA) is 56.3 Å². The molecule has 0 fully saturated rings. The zero-order valence-corrected chi connectivity index (χ0v) is 11.4. The van der Waals surface area contributed by atoms with Gasteiger partial charge in [-0.2, -0.15) is 0 Å². The summed E-state index contributed by atoms with van der Waals surface area (Å²) < 4.78 is 10.2. The van der Waals surface area contributed by atoms with Crippen molar-refractivity contribution < 1.29 is 9.47 Å². The number of nitrogens with zero attached hydrogens (tertiary/aromatic N) is 2. The molecule has 1 N–H and O–H groups in total. The van der Waals surface area contributed by atoms with Crippen molar-refractivity contribution in [2.45, 2.75) is 19.8 Å². The lowest BCUT2D eigenvalue weighted by Crippen LogP contribution is -2.21. The van der Waals surface area contributed by atoms with E-state index >= 15 is 0 Å². The zero-order chi connectivity index (χ0) is 12.3. The lowest BCUT2D eigenvalue weighted by Gasteiger charge is -2.00. The molecule has 0 atom stereocenters. The highest BCUT2D eigenvalue weighted by molar-refractivity contribution is 7.11. The van der Waals surface area contributed by atoms with Crippen LogP contribution in [0, 0.1) is 0 Å². The molecule has 98 valence electrons. The van der Waals surface area contributed by atoms with Gasteiger partial charge in [0.05, 0.1) is 13.2 Å². The Hall–Kier alpha value is -0.560. The molecule has 0 amide bonds. The van der Waals surface area contributed by atoms with Crippen molar-refractivity contribution in [2.24, 2.45) is 0 Å². The summed E-state index contributed by atoms with van der Waals surface area (Å²) in [5.74, 6) is 0. The normalized spacial score (nSPS) is 10.9. The molecular weight excluding hydrogens is 238 g/mol. The summed E-state index contributed by atoms with van der Waals surface area (Å²) in [7, 11) is 1.71. The number of hydrogen-bond donors (Lipinski definition) is 1. The molecule has 0 aliphatic carbocycles. The molecule has 0 bridgehead atoms. The van der Waals surface area contributed by atoms with E-state index in [0.29, 0.717) is 0 Å². The Labute approximate surface area is 107 Å². The van der Waals surface area contributed by atoms with Crippen molar-refractivity contribution >= 4 is 11.3 Å². The van der Waals surface area contributed by atoms with E-state index in [-0.39, 0.29) is 0 Å². The third-order valence-corrected chi connectivity index (χ3v) is 3.21. The molecule has 0 aliphatic heterocycles. The second kappa shape index (κ2) is 9.47. The molecule has 0 aliphatic rings. The molecule has 0 saturated heterocycles. The van der Waals surface area contributed by atoms with Gasteiger partial charge in [-0.05, 0) is 6.92 Å². The fraction of sp³-hybridized carbons (Fsp3) is 0.818. The molecule has 0 unspecified atom stereocenters. The van der Waals surface area contributed by atoms with E-state index in [1.165, 1.54) is 0 Å². The molecule has 0 saturated carbocycles. The van der Waals surface area contributed by atoms with Crippen LogP contribution in [0.15, 0.2) is 0 Å². The molecule has 1 aromatic heterocycles. The number of aromatic nitrogens is 2. The largest absolute Gasteiger partial charge is 0.383 e. The zero-order valence-electron chi connectivity index (χ0n) is 10.6. The van der Waals surface area contributed by atoms with Gasteiger partial charge in [-0.15, -0.1) is 21.5 Å². The monoisotopic (exact) mass is 259 g/mol. The number of rotatable bonds is 10. The van der Waals surface area contributed by atoms with Crippen molar-refractivity contribution in [1.82, 2.24) is 15.5 Å². The molecule has 6 heteroatoms. The third kappa shape index (κ3) is 6.68. The van der Waals surface area contributed by atoms with Crippen LogP contribution >= 0.6 is 11.3 Å². The summed E-state index contributed by atoms with van der Waals surface area (Å²) in [6, 6.07) is 0. The second-order valence-electron chi connectivity index (χ2n) is 3.53. The van der Waals surface area contributed by atoms with Crippen LogP contribution in [0.4, 0.5) is 0 Å². The smallest absolute Gasteiger partial charge is 0.119 e. The molecule has 0 spiro atoms. The first-order valence-electron chi connectivity index (χ1n) is 5.95. The van der Waals surface area contributed by atoms with Crippen LogP contribution < -0.4 is 5.32 Å². The van der Waals surface area contributed by atoms with Crippen LogP contribution in [-0.4, -0.2) is 50.2 Å². The second-order valence-corrected chi connectivity index (χ2v) is 4.68. The Morgan fingerprint density at radius 1 is 1.12 bits per heavy atom. The maximum atomic E-state index is 5.28. The van der Waals surface area contributed by atoms with E-state index in [2.05, 4.69) is 15.5 Å². The van der Waals surface area contributed by atoms with Gasteiger partial charge >= 0.3 is 0 Å². The van der Waals surface area contributed by atoms with Gasteiger partial charge in [-0.3, -0.25) is 0 Å². The average Bonchev–Trinajstić information content (AvgIpc) is 2.77.